The van der Waals surface area contributed by atoms with Crippen LogP contribution in [0.3, 0.4) is 0 Å². The molecule has 1 fully saturated rings. The van der Waals surface area contributed by atoms with Crippen molar-refractivity contribution >= 4 is 11.7 Å². The highest BCUT2D eigenvalue weighted by molar-refractivity contribution is 5.81. The fraction of sp³-hybridized carbons (Fsp3) is 0.346. The lowest BCUT2D eigenvalue weighted by molar-refractivity contribution is -0.138. The van der Waals surface area contributed by atoms with Crippen LogP contribution < -0.4 is 14.4 Å². The Kier molecular flexibility index (Phi) is 7.07. The van der Waals surface area contributed by atoms with Gasteiger partial charge in [-0.15, -0.1) is 10.2 Å². The highest BCUT2D eigenvalue weighted by Gasteiger charge is 2.26. The molecule has 2 aromatic carbocycles. The summed E-state index contributed by atoms with van der Waals surface area (Å²) in [6, 6.07) is 19.7. The van der Waals surface area contributed by atoms with Gasteiger partial charge in [-0.1, -0.05) is 31.2 Å². The van der Waals surface area contributed by atoms with Gasteiger partial charge in [0, 0.05) is 31.7 Å². The predicted molar refractivity (Wildman–Crippen MR) is 129 cm³/mol. The third-order valence-electron chi connectivity index (χ3n) is 5.94. The lowest BCUT2D eigenvalue weighted by Crippen LogP contribution is -2.52. The van der Waals surface area contributed by atoms with E-state index in [0.717, 1.165) is 29.2 Å². The number of benzene rings is 2. The van der Waals surface area contributed by atoms with Crippen LogP contribution in [0.5, 0.6) is 11.5 Å². The largest absolute Gasteiger partial charge is 0.497 e. The normalized spacial score (nSPS) is 14.6. The number of amides is 1. The molecule has 172 valence electrons. The lowest BCUT2D eigenvalue weighted by Gasteiger charge is -2.36. The average molecular weight is 447 g/mol. The predicted octanol–water partition coefficient (Wildman–Crippen LogP) is 3.83. The molecule has 1 amide bonds. The smallest absolute Gasteiger partial charge is 0.263 e. The molecule has 1 saturated heterocycles. The van der Waals surface area contributed by atoms with Gasteiger partial charge >= 0.3 is 0 Å². The summed E-state index contributed by atoms with van der Waals surface area (Å²) in [7, 11) is 1.62. The third-order valence-corrected chi connectivity index (χ3v) is 5.94. The zero-order valence-electron chi connectivity index (χ0n) is 19.4. The van der Waals surface area contributed by atoms with E-state index < -0.39 is 6.10 Å². The van der Waals surface area contributed by atoms with Crippen molar-refractivity contribution in [1.29, 1.82) is 0 Å². The number of hydrogen-bond acceptors (Lipinski definition) is 6. The average Bonchev–Trinajstić information content (AvgIpc) is 2.89. The molecule has 0 radical (unpaired) electrons. The number of nitrogens with zero attached hydrogens (tertiary/aromatic N) is 4. The minimum Gasteiger partial charge on any atom is -0.497 e. The topological polar surface area (TPSA) is 67.8 Å². The fourth-order valence-electron chi connectivity index (χ4n) is 3.88. The van der Waals surface area contributed by atoms with Crippen molar-refractivity contribution in [2.75, 3.05) is 38.2 Å². The Morgan fingerprint density at radius 2 is 1.58 bits per heavy atom. The number of methoxy groups -OCH3 is 1. The molecule has 1 aliphatic heterocycles. The van der Waals surface area contributed by atoms with Gasteiger partial charge in [-0.05, 0) is 55.3 Å². The minimum absolute atomic E-state index is 0.0116. The van der Waals surface area contributed by atoms with E-state index in [4.69, 9.17) is 9.47 Å². The summed E-state index contributed by atoms with van der Waals surface area (Å²) in [6.07, 6.45) is 0.467. The Labute approximate surface area is 195 Å². The molecule has 7 heteroatoms. The second-order valence-electron chi connectivity index (χ2n) is 8.08. The molecular formula is C26H30N4O3. The number of rotatable bonds is 7. The number of carbonyl (C=O) groups excluding carboxylic acids is 1. The first-order chi connectivity index (χ1) is 16.1. The van der Waals surface area contributed by atoms with Crippen molar-refractivity contribution in [3.8, 4) is 22.8 Å². The Morgan fingerprint density at radius 3 is 2.15 bits per heavy atom. The fourth-order valence-corrected chi connectivity index (χ4v) is 3.88. The Balaban J connectivity index is 1.30. The molecule has 2 heterocycles. The second-order valence-corrected chi connectivity index (χ2v) is 8.08. The summed E-state index contributed by atoms with van der Waals surface area (Å²) < 4.78 is 11.0. The highest BCUT2D eigenvalue weighted by Crippen LogP contribution is 2.21. The quantitative estimate of drug-likeness (QED) is 0.550. The standard InChI is InChI=1S/C26H30N4O3/c1-4-20-5-7-21(8-6-20)24-13-14-25(28-27-24)29-15-17-30(18-16-29)26(31)19(2)33-23-11-9-22(32-3)10-12-23/h5-14,19H,4,15-18H2,1-3H3. The Morgan fingerprint density at radius 1 is 0.909 bits per heavy atom. The summed E-state index contributed by atoms with van der Waals surface area (Å²) in [4.78, 5) is 16.9. The van der Waals surface area contributed by atoms with Crippen molar-refractivity contribution in [3.63, 3.8) is 0 Å². The van der Waals surface area contributed by atoms with E-state index in [1.165, 1.54) is 5.56 Å². The van der Waals surface area contributed by atoms with Crippen LogP contribution in [0.1, 0.15) is 19.4 Å². The van der Waals surface area contributed by atoms with Crippen molar-refractivity contribution in [1.82, 2.24) is 15.1 Å². The zero-order chi connectivity index (χ0) is 23.2. The first kappa shape index (κ1) is 22.6. The van der Waals surface area contributed by atoms with Crippen molar-refractivity contribution in [2.45, 2.75) is 26.4 Å². The maximum atomic E-state index is 12.8. The SMILES string of the molecule is CCc1ccc(-c2ccc(N3CCN(C(=O)C(C)Oc4ccc(OC)cc4)CC3)nn2)cc1. The van der Waals surface area contributed by atoms with E-state index in [1.54, 1.807) is 26.2 Å². The van der Waals surface area contributed by atoms with Crippen molar-refractivity contribution in [2.24, 2.45) is 0 Å². The number of piperazine rings is 1. The first-order valence-corrected chi connectivity index (χ1v) is 11.3. The van der Waals surface area contributed by atoms with Crippen LogP contribution >= 0.6 is 0 Å². The summed E-state index contributed by atoms with van der Waals surface area (Å²) in [5.41, 5.74) is 3.23. The van der Waals surface area contributed by atoms with Gasteiger partial charge < -0.3 is 19.3 Å². The highest BCUT2D eigenvalue weighted by atomic mass is 16.5. The van der Waals surface area contributed by atoms with E-state index in [2.05, 4.69) is 46.3 Å². The van der Waals surface area contributed by atoms with Gasteiger partial charge in [0.1, 0.15) is 11.5 Å². The van der Waals surface area contributed by atoms with Crippen LogP contribution in [0.25, 0.3) is 11.3 Å². The van der Waals surface area contributed by atoms with E-state index in [0.29, 0.717) is 31.9 Å². The summed E-state index contributed by atoms with van der Waals surface area (Å²) in [5, 5.41) is 8.85. The van der Waals surface area contributed by atoms with Gasteiger partial charge in [-0.25, -0.2) is 0 Å². The Hall–Kier alpha value is -3.61. The van der Waals surface area contributed by atoms with Crippen LogP contribution in [0.4, 0.5) is 5.82 Å². The molecule has 7 nitrogen and oxygen atoms in total. The van der Waals surface area contributed by atoms with Gasteiger partial charge in [-0.2, -0.15) is 0 Å². The molecular weight excluding hydrogens is 416 g/mol. The van der Waals surface area contributed by atoms with Gasteiger partial charge in [0.2, 0.25) is 0 Å². The zero-order valence-corrected chi connectivity index (χ0v) is 19.4. The minimum atomic E-state index is -0.553. The maximum absolute atomic E-state index is 12.8. The van der Waals surface area contributed by atoms with E-state index >= 15 is 0 Å². The maximum Gasteiger partial charge on any atom is 0.263 e. The second kappa shape index (κ2) is 10.3. The molecule has 0 bridgehead atoms. The summed E-state index contributed by atoms with van der Waals surface area (Å²) >= 11 is 0. The first-order valence-electron chi connectivity index (χ1n) is 11.3. The van der Waals surface area contributed by atoms with E-state index in [1.807, 2.05) is 29.2 Å². The van der Waals surface area contributed by atoms with Crippen LogP contribution in [0, 0.1) is 0 Å². The number of carbonyl (C=O) groups is 1. The summed E-state index contributed by atoms with van der Waals surface area (Å²) in [5.74, 6) is 2.22. The van der Waals surface area contributed by atoms with Gasteiger partial charge in [0.05, 0.1) is 12.8 Å². The lowest BCUT2D eigenvalue weighted by atomic mass is 10.1. The molecule has 0 saturated carbocycles. The van der Waals surface area contributed by atoms with Gasteiger partial charge in [0.25, 0.3) is 5.91 Å². The number of aromatic nitrogens is 2. The molecule has 0 spiro atoms. The number of ether oxygens (including phenoxy) is 2. The molecule has 1 aromatic heterocycles. The molecule has 1 aliphatic rings. The third kappa shape index (κ3) is 5.42. The van der Waals surface area contributed by atoms with Crippen LogP contribution in [0.2, 0.25) is 0 Å². The monoisotopic (exact) mass is 446 g/mol. The number of anilines is 1. The van der Waals surface area contributed by atoms with E-state index in [-0.39, 0.29) is 5.91 Å². The van der Waals surface area contributed by atoms with Gasteiger partial charge in [-0.3, -0.25) is 4.79 Å². The molecule has 4 rings (SSSR count). The van der Waals surface area contributed by atoms with E-state index in [9.17, 15) is 4.79 Å². The molecule has 33 heavy (non-hydrogen) atoms. The van der Waals surface area contributed by atoms with Crippen molar-refractivity contribution < 1.29 is 14.3 Å². The molecule has 0 aliphatic carbocycles. The molecule has 0 N–H and O–H groups in total. The van der Waals surface area contributed by atoms with Crippen LogP contribution in [-0.4, -0.2) is 60.4 Å². The molecule has 1 unspecified atom stereocenters. The molecule has 3 aromatic rings. The number of hydrogen-bond donors (Lipinski definition) is 0. The Bertz CT molecular complexity index is 1040. The van der Waals surface area contributed by atoms with Crippen LogP contribution in [-0.2, 0) is 11.2 Å². The molecule has 1 atom stereocenters. The summed E-state index contributed by atoms with van der Waals surface area (Å²) in [6.45, 7) is 6.59. The van der Waals surface area contributed by atoms with Gasteiger partial charge in [0.15, 0.2) is 11.9 Å². The van der Waals surface area contributed by atoms with Crippen molar-refractivity contribution in [3.05, 3.63) is 66.2 Å². The van der Waals surface area contributed by atoms with Crippen LogP contribution in [0.15, 0.2) is 60.7 Å². The number of aryl methyl sites for hydroxylation is 1.